The molecule has 5 rings (SSSR count). The molecule has 1 amide bonds. The Labute approximate surface area is 145 Å². The molecular weight excluding hydrogens is 298 g/mol. The lowest BCUT2D eigenvalue weighted by molar-refractivity contribution is -0.123. The third-order valence-electron chi connectivity index (χ3n) is 6.32. The Balaban J connectivity index is 1.42. The lowest BCUT2D eigenvalue weighted by Crippen LogP contribution is -2.48. The van der Waals surface area contributed by atoms with Crippen molar-refractivity contribution in [2.45, 2.75) is 63.8 Å². The molecule has 24 heavy (non-hydrogen) atoms. The van der Waals surface area contributed by atoms with Gasteiger partial charge >= 0.3 is 0 Å². The second-order valence-corrected chi connectivity index (χ2v) is 8.73. The van der Waals surface area contributed by atoms with Crippen LogP contribution in [0.4, 0.5) is 0 Å². The van der Waals surface area contributed by atoms with Crippen molar-refractivity contribution in [1.29, 1.82) is 0 Å². The van der Waals surface area contributed by atoms with Gasteiger partial charge in [-0.2, -0.15) is 0 Å². The van der Waals surface area contributed by atoms with Gasteiger partial charge in [0.15, 0.2) is 6.61 Å². The van der Waals surface area contributed by atoms with E-state index in [-0.39, 0.29) is 18.6 Å². The maximum atomic E-state index is 11.7. The van der Waals surface area contributed by atoms with Crippen molar-refractivity contribution in [2.24, 2.45) is 17.8 Å². The molecule has 1 aromatic rings. The van der Waals surface area contributed by atoms with E-state index in [2.05, 4.69) is 29.6 Å². The van der Waals surface area contributed by atoms with Crippen molar-refractivity contribution in [2.75, 3.05) is 6.61 Å². The number of hydrogen-bond acceptors (Lipinski definition) is 2. The van der Waals surface area contributed by atoms with E-state index in [0.29, 0.717) is 5.41 Å². The van der Waals surface area contributed by atoms with Gasteiger partial charge in [-0.05, 0) is 93.2 Å². The lowest BCUT2D eigenvalue weighted by atomic mass is 9.48. The summed E-state index contributed by atoms with van der Waals surface area (Å²) in [7, 11) is 0. The molecular formula is C21H29NO2. The van der Waals surface area contributed by atoms with Gasteiger partial charge in [0.25, 0.3) is 5.91 Å². The minimum absolute atomic E-state index is 0.0600. The van der Waals surface area contributed by atoms with E-state index in [1.54, 1.807) is 0 Å². The van der Waals surface area contributed by atoms with Crippen molar-refractivity contribution >= 4 is 5.91 Å². The van der Waals surface area contributed by atoms with Gasteiger partial charge in [-0.25, -0.2) is 0 Å². The van der Waals surface area contributed by atoms with Gasteiger partial charge in [-0.1, -0.05) is 12.1 Å². The normalized spacial score (nSPS) is 33.7. The van der Waals surface area contributed by atoms with Crippen molar-refractivity contribution in [1.82, 2.24) is 5.32 Å². The van der Waals surface area contributed by atoms with Gasteiger partial charge in [0.1, 0.15) is 5.75 Å². The zero-order chi connectivity index (χ0) is 16.7. The number of nitrogens with one attached hydrogen (secondary N) is 1. The summed E-state index contributed by atoms with van der Waals surface area (Å²) in [4.78, 5) is 11.7. The van der Waals surface area contributed by atoms with E-state index >= 15 is 0 Å². The highest BCUT2D eigenvalue weighted by Crippen LogP contribution is 2.60. The maximum absolute atomic E-state index is 11.7. The van der Waals surface area contributed by atoms with Crippen LogP contribution in [0.2, 0.25) is 0 Å². The van der Waals surface area contributed by atoms with Crippen LogP contribution in [0.1, 0.15) is 57.9 Å². The lowest BCUT2D eigenvalue weighted by Gasteiger charge is -2.57. The highest BCUT2D eigenvalue weighted by atomic mass is 16.5. The van der Waals surface area contributed by atoms with Gasteiger partial charge < -0.3 is 10.1 Å². The zero-order valence-corrected chi connectivity index (χ0v) is 14.9. The fourth-order valence-electron chi connectivity index (χ4n) is 5.88. The Morgan fingerprint density at radius 3 is 2.12 bits per heavy atom. The van der Waals surface area contributed by atoms with Gasteiger partial charge in [-0.15, -0.1) is 0 Å². The molecule has 0 atom stereocenters. The number of ether oxygens (including phenoxy) is 1. The van der Waals surface area contributed by atoms with Crippen LogP contribution in [0.15, 0.2) is 24.3 Å². The Morgan fingerprint density at radius 1 is 1.08 bits per heavy atom. The molecule has 3 heteroatoms. The Kier molecular flexibility index (Phi) is 4.06. The first-order valence-electron chi connectivity index (χ1n) is 9.55. The Hall–Kier alpha value is -1.51. The summed E-state index contributed by atoms with van der Waals surface area (Å²) < 4.78 is 5.63. The van der Waals surface area contributed by atoms with Gasteiger partial charge in [-0.3, -0.25) is 4.79 Å². The van der Waals surface area contributed by atoms with E-state index in [1.165, 1.54) is 44.1 Å². The standard InChI is InChI=1S/C21H29NO2/c1-14(2)22-20(23)13-24-19-5-3-18(4-6-19)21-10-15-7-16(11-21)9-17(8-15)12-21/h3-6,14-17H,7-13H2,1-2H3,(H,22,23). The Morgan fingerprint density at radius 2 is 1.62 bits per heavy atom. The highest BCUT2D eigenvalue weighted by molar-refractivity contribution is 5.77. The van der Waals surface area contributed by atoms with Gasteiger partial charge in [0, 0.05) is 6.04 Å². The van der Waals surface area contributed by atoms with Crippen LogP contribution in [-0.2, 0) is 10.2 Å². The minimum Gasteiger partial charge on any atom is -0.484 e. The first kappa shape index (κ1) is 16.0. The molecule has 4 aliphatic rings. The van der Waals surface area contributed by atoms with Crippen molar-refractivity contribution in [3.05, 3.63) is 29.8 Å². The minimum atomic E-state index is -0.0600. The number of amides is 1. The van der Waals surface area contributed by atoms with Crippen LogP contribution < -0.4 is 10.1 Å². The smallest absolute Gasteiger partial charge is 0.258 e. The number of benzene rings is 1. The Bertz CT molecular complexity index is 569. The zero-order valence-electron chi connectivity index (χ0n) is 14.9. The van der Waals surface area contributed by atoms with E-state index in [0.717, 1.165) is 23.5 Å². The maximum Gasteiger partial charge on any atom is 0.258 e. The number of hydrogen-bond donors (Lipinski definition) is 1. The molecule has 4 bridgehead atoms. The molecule has 4 aliphatic carbocycles. The van der Waals surface area contributed by atoms with Gasteiger partial charge in [0.2, 0.25) is 0 Å². The largest absolute Gasteiger partial charge is 0.484 e. The molecule has 0 radical (unpaired) electrons. The van der Waals surface area contributed by atoms with Crippen LogP contribution in [0.5, 0.6) is 5.75 Å². The molecule has 1 N–H and O–H groups in total. The molecule has 0 spiro atoms. The van der Waals surface area contributed by atoms with Crippen molar-refractivity contribution in [3.63, 3.8) is 0 Å². The molecule has 0 aromatic heterocycles. The van der Waals surface area contributed by atoms with Crippen LogP contribution >= 0.6 is 0 Å². The van der Waals surface area contributed by atoms with Crippen molar-refractivity contribution < 1.29 is 9.53 Å². The molecule has 4 fully saturated rings. The van der Waals surface area contributed by atoms with Crippen LogP contribution in [0.25, 0.3) is 0 Å². The highest BCUT2D eigenvalue weighted by Gasteiger charge is 2.51. The van der Waals surface area contributed by atoms with Crippen LogP contribution in [0, 0.1) is 17.8 Å². The third kappa shape index (κ3) is 3.05. The number of rotatable bonds is 5. The summed E-state index contributed by atoms with van der Waals surface area (Å²) in [6.45, 7) is 4.01. The summed E-state index contributed by atoms with van der Waals surface area (Å²) in [5.41, 5.74) is 1.93. The second kappa shape index (κ2) is 6.09. The van der Waals surface area contributed by atoms with E-state index in [1.807, 2.05) is 13.8 Å². The van der Waals surface area contributed by atoms with Crippen LogP contribution in [-0.4, -0.2) is 18.6 Å². The number of carbonyl (C=O) groups excluding carboxylic acids is 1. The predicted molar refractivity (Wildman–Crippen MR) is 95.1 cm³/mol. The number of carbonyl (C=O) groups is 1. The topological polar surface area (TPSA) is 38.3 Å². The molecule has 3 nitrogen and oxygen atoms in total. The predicted octanol–water partition coefficient (Wildman–Crippen LogP) is 4.06. The molecule has 4 saturated carbocycles. The van der Waals surface area contributed by atoms with Crippen molar-refractivity contribution in [3.8, 4) is 5.75 Å². The first-order valence-corrected chi connectivity index (χ1v) is 9.55. The summed E-state index contributed by atoms with van der Waals surface area (Å²) in [5, 5.41) is 2.85. The second-order valence-electron chi connectivity index (χ2n) is 8.73. The van der Waals surface area contributed by atoms with E-state index in [9.17, 15) is 4.79 Å². The average Bonchev–Trinajstić information content (AvgIpc) is 2.51. The molecule has 0 heterocycles. The van der Waals surface area contributed by atoms with Gasteiger partial charge in [0.05, 0.1) is 0 Å². The summed E-state index contributed by atoms with van der Waals surface area (Å²) in [6, 6.07) is 8.76. The molecule has 1 aromatic carbocycles. The first-order chi connectivity index (χ1) is 11.5. The molecule has 0 aliphatic heterocycles. The fraction of sp³-hybridized carbons (Fsp3) is 0.667. The molecule has 0 saturated heterocycles. The SMILES string of the molecule is CC(C)NC(=O)COc1ccc(C23CC4CC(CC(C4)C2)C3)cc1. The summed E-state index contributed by atoms with van der Waals surface area (Å²) in [5.74, 6) is 3.63. The summed E-state index contributed by atoms with van der Waals surface area (Å²) >= 11 is 0. The van der Waals surface area contributed by atoms with E-state index < -0.39 is 0 Å². The van der Waals surface area contributed by atoms with E-state index in [4.69, 9.17) is 4.74 Å². The average molecular weight is 327 g/mol. The van der Waals surface area contributed by atoms with Crippen LogP contribution in [0.3, 0.4) is 0 Å². The third-order valence-corrected chi connectivity index (χ3v) is 6.32. The fourth-order valence-corrected chi connectivity index (χ4v) is 5.88. The molecule has 0 unspecified atom stereocenters. The quantitative estimate of drug-likeness (QED) is 0.886. The summed E-state index contributed by atoms with van der Waals surface area (Å²) in [6.07, 6.45) is 8.59. The monoisotopic (exact) mass is 327 g/mol. The molecule has 130 valence electrons.